The molecule has 29 heavy (non-hydrogen) atoms. The Morgan fingerprint density at radius 2 is 1.83 bits per heavy atom. The lowest BCUT2D eigenvalue weighted by Gasteiger charge is -2.34. The second-order valence-electron chi connectivity index (χ2n) is 7.31. The number of nitrogens with one attached hydrogen (secondary N) is 1. The van der Waals surface area contributed by atoms with Crippen molar-refractivity contribution in [3.63, 3.8) is 0 Å². The predicted molar refractivity (Wildman–Crippen MR) is 109 cm³/mol. The normalized spacial score (nSPS) is 15.4. The van der Waals surface area contributed by atoms with Crippen LogP contribution in [0.1, 0.15) is 34.3 Å². The number of anilines is 1. The van der Waals surface area contributed by atoms with E-state index in [1.807, 2.05) is 17.9 Å². The molecule has 1 heterocycles. The monoisotopic (exact) mass is 420 g/mol. The summed E-state index contributed by atoms with van der Waals surface area (Å²) in [7, 11) is -2.45. The summed E-state index contributed by atoms with van der Waals surface area (Å²) in [5.41, 5.74) is 2.31. The fourth-order valence-corrected chi connectivity index (χ4v) is 5.11. The number of rotatable bonds is 5. The third kappa shape index (κ3) is 4.76. The zero-order valence-electron chi connectivity index (χ0n) is 16.7. The lowest BCUT2D eigenvalue weighted by atomic mass is 10.0. The van der Waals surface area contributed by atoms with Gasteiger partial charge in [0.1, 0.15) is 5.82 Å². The maximum Gasteiger partial charge on any atom is 0.337 e. The number of benzene rings is 2. The van der Waals surface area contributed by atoms with Crippen molar-refractivity contribution in [3.8, 4) is 0 Å². The molecule has 1 aliphatic rings. The van der Waals surface area contributed by atoms with Gasteiger partial charge in [-0.05, 0) is 68.1 Å². The van der Waals surface area contributed by atoms with Gasteiger partial charge in [-0.3, -0.25) is 0 Å². The van der Waals surface area contributed by atoms with E-state index in [-0.39, 0.29) is 16.8 Å². The lowest BCUT2D eigenvalue weighted by molar-refractivity contribution is 0.0600. The van der Waals surface area contributed by atoms with Crippen molar-refractivity contribution in [3.05, 3.63) is 58.9 Å². The molecule has 1 saturated heterocycles. The van der Waals surface area contributed by atoms with Gasteiger partial charge < -0.3 is 9.64 Å². The molecule has 0 spiro atoms. The topological polar surface area (TPSA) is 75.7 Å². The predicted octanol–water partition coefficient (Wildman–Crippen LogP) is 3.18. The van der Waals surface area contributed by atoms with E-state index >= 15 is 0 Å². The van der Waals surface area contributed by atoms with Crippen LogP contribution in [0.3, 0.4) is 0 Å². The standard InChI is InChI=1S/C21H25FN2O4S/c1-14-4-6-18(22)19(12-14)24-10-8-17(9-11-24)23-29(26,27)20-7-5-16(13-15(20)2)21(25)28-3/h4-7,12-13,17,23H,8-11H2,1-3H3. The zero-order valence-corrected chi connectivity index (χ0v) is 17.6. The Hall–Kier alpha value is -2.45. The molecule has 0 radical (unpaired) electrons. The first-order valence-corrected chi connectivity index (χ1v) is 10.9. The maximum atomic E-state index is 14.1. The van der Waals surface area contributed by atoms with Crippen LogP contribution < -0.4 is 9.62 Å². The second-order valence-corrected chi connectivity index (χ2v) is 8.99. The van der Waals surface area contributed by atoms with Crippen molar-refractivity contribution in [1.82, 2.24) is 4.72 Å². The molecule has 2 aromatic carbocycles. The molecule has 8 heteroatoms. The molecule has 0 aromatic heterocycles. The highest BCUT2D eigenvalue weighted by Gasteiger charge is 2.27. The van der Waals surface area contributed by atoms with Gasteiger partial charge in [0.25, 0.3) is 0 Å². The van der Waals surface area contributed by atoms with Gasteiger partial charge in [-0.15, -0.1) is 0 Å². The first kappa shape index (κ1) is 21.3. The molecule has 156 valence electrons. The summed E-state index contributed by atoms with van der Waals surface area (Å²) in [6, 6.07) is 9.13. The number of carbonyl (C=O) groups excluding carboxylic acids is 1. The maximum absolute atomic E-state index is 14.1. The van der Waals surface area contributed by atoms with Crippen LogP contribution in [0.25, 0.3) is 0 Å². The van der Waals surface area contributed by atoms with E-state index in [9.17, 15) is 17.6 Å². The lowest BCUT2D eigenvalue weighted by Crippen LogP contribution is -2.45. The third-order valence-electron chi connectivity index (χ3n) is 5.14. The molecule has 0 bridgehead atoms. The Bertz CT molecular complexity index is 1020. The highest BCUT2D eigenvalue weighted by Crippen LogP contribution is 2.25. The van der Waals surface area contributed by atoms with Crippen LogP contribution in [-0.2, 0) is 14.8 Å². The number of nitrogens with zero attached hydrogens (tertiary/aromatic N) is 1. The summed E-state index contributed by atoms with van der Waals surface area (Å²) in [6.45, 7) is 4.68. The molecule has 1 N–H and O–H groups in total. The Morgan fingerprint density at radius 3 is 2.45 bits per heavy atom. The summed E-state index contributed by atoms with van der Waals surface area (Å²) in [6.07, 6.45) is 1.15. The summed E-state index contributed by atoms with van der Waals surface area (Å²) in [4.78, 5) is 13.7. The van der Waals surface area contributed by atoms with E-state index in [0.717, 1.165) is 5.56 Å². The number of sulfonamides is 1. The minimum absolute atomic E-state index is 0.136. The summed E-state index contributed by atoms with van der Waals surface area (Å²) in [5, 5.41) is 0. The largest absolute Gasteiger partial charge is 0.465 e. The van der Waals surface area contributed by atoms with Crippen LogP contribution in [0.5, 0.6) is 0 Å². The second kappa shape index (κ2) is 8.51. The number of aryl methyl sites for hydroxylation is 2. The molecule has 1 aliphatic heterocycles. The summed E-state index contributed by atoms with van der Waals surface area (Å²) in [5.74, 6) is -0.781. The van der Waals surface area contributed by atoms with Gasteiger partial charge in [0.05, 0.1) is 23.3 Å². The van der Waals surface area contributed by atoms with Gasteiger partial charge >= 0.3 is 5.97 Å². The van der Waals surface area contributed by atoms with Gasteiger partial charge in [0, 0.05) is 19.1 Å². The minimum Gasteiger partial charge on any atom is -0.465 e. The zero-order chi connectivity index (χ0) is 21.2. The Morgan fingerprint density at radius 1 is 1.14 bits per heavy atom. The number of carbonyl (C=O) groups is 1. The van der Waals surface area contributed by atoms with E-state index in [1.54, 1.807) is 13.0 Å². The smallest absolute Gasteiger partial charge is 0.337 e. The highest BCUT2D eigenvalue weighted by molar-refractivity contribution is 7.89. The molecular weight excluding hydrogens is 395 g/mol. The molecule has 1 fully saturated rings. The van der Waals surface area contributed by atoms with E-state index < -0.39 is 16.0 Å². The van der Waals surface area contributed by atoms with Crippen molar-refractivity contribution in [2.45, 2.75) is 37.6 Å². The SMILES string of the molecule is COC(=O)c1ccc(S(=O)(=O)NC2CCN(c3cc(C)ccc3F)CC2)c(C)c1. The van der Waals surface area contributed by atoms with Gasteiger partial charge in [0.15, 0.2) is 0 Å². The van der Waals surface area contributed by atoms with Crippen molar-refractivity contribution in [1.29, 1.82) is 0 Å². The molecule has 0 atom stereocenters. The Labute approximate surface area is 170 Å². The number of hydrogen-bond acceptors (Lipinski definition) is 5. The van der Waals surface area contributed by atoms with Crippen LogP contribution in [-0.4, -0.2) is 40.6 Å². The van der Waals surface area contributed by atoms with Gasteiger partial charge in [0.2, 0.25) is 10.0 Å². The summed E-state index contributed by atoms with van der Waals surface area (Å²) >= 11 is 0. The number of methoxy groups -OCH3 is 1. The molecule has 0 aliphatic carbocycles. The Kier molecular flexibility index (Phi) is 6.24. The first-order valence-electron chi connectivity index (χ1n) is 9.43. The van der Waals surface area contributed by atoms with Crippen molar-refractivity contribution in [2.24, 2.45) is 0 Å². The van der Waals surface area contributed by atoms with Crippen LogP contribution >= 0.6 is 0 Å². The number of hydrogen-bond donors (Lipinski definition) is 1. The summed E-state index contributed by atoms with van der Waals surface area (Å²) < 4.78 is 47.2. The van der Waals surface area contributed by atoms with Crippen molar-refractivity contribution in [2.75, 3.05) is 25.1 Å². The molecule has 0 unspecified atom stereocenters. The Balaban J connectivity index is 1.68. The van der Waals surface area contributed by atoms with E-state index in [0.29, 0.717) is 42.7 Å². The van der Waals surface area contributed by atoms with Gasteiger partial charge in [-0.25, -0.2) is 22.3 Å². The number of halogens is 1. The van der Waals surface area contributed by atoms with Gasteiger partial charge in [-0.1, -0.05) is 6.07 Å². The minimum atomic E-state index is -3.73. The van der Waals surface area contributed by atoms with Crippen molar-refractivity contribution < 1.29 is 22.3 Å². The number of ether oxygens (including phenoxy) is 1. The van der Waals surface area contributed by atoms with Crippen LogP contribution in [0, 0.1) is 19.7 Å². The quantitative estimate of drug-likeness (QED) is 0.752. The molecule has 2 aromatic rings. The van der Waals surface area contributed by atoms with Crippen molar-refractivity contribution >= 4 is 21.7 Å². The fourth-order valence-electron chi connectivity index (χ4n) is 3.58. The molecule has 0 saturated carbocycles. The average molecular weight is 421 g/mol. The van der Waals surface area contributed by atoms with E-state index in [4.69, 9.17) is 0 Å². The third-order valence-corrected chi connectivity index (χ3v) is 6.83. The average Bonchev–Trinajstić information content (AvgIpc) is 2.69. The molecule has 6 nitrogen and oxygen atoms in total. The van der Waals surface area contributed by atoms with E-state index in [2.05, 4.69) is 9.46 Å². The number of esters is 1. The van der Waals surface area contributed by atoms with Crippen LogP contribution in [0.2, 0.25) is 0 Å². The first-order chi connectivity index (χ1) is 13.7. The van der Waals surface area contributed by atoms with Crippen LogP contribution in [0.15, 0.2) is 41.3 Å². The van der Waals surface area contributed by atoms with Gasteiger partial charge in [-0.2, -0.15) is 0 Å². The van der Waals surface area contributed by atoms with E-state index in [1.165, 1.54) is 31.4 Å². The fraction of sp³-hybridized carbons (Fsp3) is 0.381. The highest BCUT2D eigenvalue weighted by atomic mass is 32.2. The molecule has 3 rings (SSSR count). The molecule has 0 amide bonds. The number of piperidine rings is 1. The van der Waals surface area contributed by atoms with Crippen LogP contribution in [0.4, 0.5) is 10.1 Å². The molecular formula is C21H25FN2O4S.